The second kappa shape index (κ2) is 14.0. The Labute approximate surface area is 250 Å². The normalized spacial score (nSPS) is 19.8. The second-order valence-corrected chi connectivity index (χ2v) is 15.7. The third-order valence-corrected chi connectivity index (χ3v) is 11.5. The molecular formula is C25H36Cl2N4O8S2. The van der Waals surface area contributed by atoms with Crippen molar-refractivity contribution < 1.29 is 36.3 Å². The molecule has 0 bridgehead atoms. The number of hydrogen-bond donors (Lipinski definition) is 3. The number of nitrogens with zero attached hydrogens (tertiary/aromatic N) is 2. The number of carboxylic acid groups (broad SMARTS) is 1. The lowest BCUT2D eigenvalue weighted by Crippen LogP contribution is -2.51. The van der Waals surface area contributed by atoms with Gasteiger partial charge >= 0.3 is 5.97 Å². The molecule has 0 spiro atoms. The second-order valence-electron chi connectivity index (χ2n) is 10.6. The number of carbonyl (C=O) groups is 3. The molecule has 2 saturated heterocycles. The number of likely N-dealkylation sites (tertiary alicyclic amines) is 1. The van der Waals surface area contributed by atoms with E-state index in [0.29, 0.717) is 38.9 Å². The summed E-state index contributed by atoms with van der Waals surface area (Å²) in [6, 6.07) is 1.33. The summed E-state index contributed by atoms with van der Waals surface area (Å²) >= 11 is 11.9. The summed E-state index contributed by atoms with van der Waals surface area (Å²) in [4.78, 5) is 39.2. The standard InChI is InChI=1S/C25H36Cl2N4O8S2/c1-16(2)40(36,37)28-15-17-7-10-30(11-8-17)23(32)6-5-21(25(34)35)29-24(33)22-4-3-9-31(22)41(38,39)20-13-18(26)12-19(27)14-20/h12-14,16-17,21-22,28H,3-11,15H2,1-2H3,(H,29,33)(H,34,35)/t21-,22-/m0/s1. The van der Waals surface area contributed by atoms with Gasteiger partial charge in [0.15, 0.2) is 0 Å². The highest BCUT2D eigenvalue weighted by atomic mass is 35.5. The Balaban J connectivity index is 1.54. The topological polar surface area (TPSA) is 170 Å². The lowest BCUT2D eigenvalue weighted by atomic mass is 9.96. The van der Waals surface area contributed by atoms with Crippen molar-refractivity contribution in [1.82, 2.24) is 19.2 Å². The highest BCUT2D eigenvalue weighted by molar-refractivity contribution is 7.90. The average molecular weight is 656 g/mol. The van der Waals surface area contributed by atoms with Crippen LogP contribution in [0.3, 0.4) is 0 Å². The minimum absolute atomic E-state index is 0.0651. The van der Waals surface area contributed by atoms with Crippen molar-refractivity contribution in [1.29, 1.82) is 0 Å². The van der Waals surface area contributed by atoms with Gasteiger partial charge in [-0.1, -0.05) is 23.2 Å². The summed E-state index contributed by atoms with van der Waals surface area (Å²) in [5, 5.41) is 11.8. The SMILES string of the molecule is CC(C)S(=O)(=O)NCC1CCN(C(=O)CC[C@H](NC(=O)[C@@H]2CCCN2S(=O)(=O)c2cc(Cl)cc(Cl)c2)C(=O)O)CC1. The fraction of sp³-hybridized carbons (Fsp3) is 0.640. The van der Waals surface area contributed by atoms with Crippen LogP contribution in [0.4, 0.5) is 0 Å². The number of hydrogen-bond acceptors (Lipinski definition) is 7. The van der Waals surface area contributed by atoms with E-state index in [1.165, 1.54) is 18.2 Å². The molecule has 2 fully saturated rings. The van der Waals surface area contributed by atoms with Crippen LogP contribution in [0.1, 0.15) is 52.4 Å². The van der Waals surface area contributed by atoms with Crippen molar-refractivity contribution in [3.63, 3.8) is 0 Å². The van der Waals surface area contributed by atoms with Gasteiger partial charge in [-0.25, -0.2) is 26.4 Å². The predicted molar refractivity (Wildman–Crippen MR) is 154 cm³/mol. The molecule has 3 N–H and O–H groups in total. The van der Waals surface area contributed by atoms with Gasteiger partial charge in [-0.2, -0.15) is 4.31 Å². The van der Waals surface area contributed by atoms with Gasteiger partial charge in [0, 0.05) is 42.6 Å². The summed E-state index contributed by atoms with van der Waals surface area (Å²) in [6.07, 6.45) is 1.52. The number of nitrogens with one attached hydrogen (secondary N) is 2. The number of piperidine rings is 1. The molecular weight excluding hydrogens is 619 g/mol. The van der Waals surface area contributed by atoms with Crippen LogP contribution in [-0.2, 0) is 34.4 Å². The first-order chi connectivity index (χ1) is 19.1. The zero-order valence-corrected chi connectivity index (χ0v) is 26.0. The molecule has 1 aromatic carbocycles. The fourth-order valence-electron chi connectivity index (χ4n) is 4.84. The number of rotatable bonds is 12. The van der Waals surface area contributed by atoms with Gasteiger partial charge < -0.3 is 15.3 Å². The van der Waals surface area contributed by atoms with E-state index in [-0.39, 0.29) is 52.6 Å². The Kier molecular flexibility index (Phi) is 11.5. The van der Waals surface area contributed by atoms with Crippen LogP contribution in [0.2, 0.25) is 10.0 Å². The Morgan fingerprint density at radius 3 is 2.17 bits per heavy atom. The minimum Gasteiger partial charge on any atom is -0.480 e. The average Bonchev–Trinajstić information content (AvgIpc) is 3.40. The van der Waals surface area contributed by atoms with Crippen molar-refractivity contribution in [3.05, 3.63) is 28.2 Å². The molecule has 2 aliphatic rings. The molecule has 0 radical (unpaired) electrons. The number of amides is 2. The van der Waals surface area contributed by atoms with E-state index in [1.807, 2.05) is 0 Å². The van der Waals surface area contributed by atoms with Gasteiger partial charge in [0.25, 0.3) is 0 Å². The van der Waals surface area contributed by atoms with E-state index in [9.17, 15) is 36.3 Å². The Morgan fingerprint density at radius 2 is 1.61 bits per heavy atom. The molecule has 0 saturated carbocycles. The smallest absolute Gasteiger partial charge is 0.326 e. The third-order valence-electron chi connectivity index (χ3n) is 7.37. The van der Waals surface area contributed by atoms with Crippen LogP contribution < -0.4 is 10.0 Å². The highest BCUT2D eigenvalue weighted by Crippen LogP contribution is 2.30. The number of halogens is 2. The van der Waals surface area contributed by atoms with Crippen LogP contribution >= 0.6 is 23.2 Å². The molecule has 3 rings (SSSR count). The summed E-state index contributed by atoms with van der Waals surface area (Å²) < 4.78 is 54.0. The van der Waals surface area contributed by atoms with Crippen LogP contribution in [0.25, 0.3) is 0 Å². The molecule has 12 nitrogen and oxygen atoms in total. The van der Waals surface area contributed by atoms with E-state index in [0.717, 1.165) is 4.31 Å². The van der Waals surface area contributed by atoms with Gasteiger partial charge in [-0.05, 0) is 70.1 Å². The lowest BCUT2D eigenvalue weighted by molar-refractivity contribution is -0.143. The molecule has 41 heavy (non-hydrogen) atoms. The van der Waals surface area contributed by atoms with Crippen LogP contribution in [0, 0.1) is 5.92 Å². The molecule has 2 aliphatic heterocycles. The summed E-state index contributed by atoms with van der Waals surface area (Å²) in [6.45, 7) is 4.39. The molecule has 0 aromatic heterocycles. The van der Waals surface area contributed by atoms with Gasteiger partial charge in [0.05, 0.1) is 10.1 Å². The first-order valence-electron chi connectivity index (χ1n) is 13.4. The van der Waals surface area contributed by atoms with E-state index in [4.69, 9.17) is 23.2 Å². The number of sulfonamides is 2. The maximum absolute atomic E-state index is 13.2. The van der Waals surface area contributed by atoms with Crippen molar-refractivity contribution in [3.8, 4) is 0 Å². The first kappa shape index (κ1) is 33.5. The maximum atomic E-state index is 13.2. The fourth-order valence-corrected chi connectivity index (χ4v) is 8.03. The summed E-state index contributed by atoms with van der Waals surface area (Å²) in [7, 11) is -7.51. The van der Waals surface area contributed by atoms with Crippen LogP contribution in [0.15, 0.2) is 23.1 Å². The van der Waals surface area contributed by atoms with Gasteiger partial charge in [-0.3, -0.25) is 9.59 Å². The van der Waals surface area contributed by atoms with Gasteiger partial charge in [0.2, 0.25) is 31.9 Å². The van der Waals surface area contributed by atoms with Crippen molar-refractivity contribution in [2.45, 2.75) is 74.6 Å². The molecule has 16 heteroatoms. The zero-order chi connectivity index (χ0) is 30.5. The first-order valence-corrected chi connectivity index (χ1v) is 17.1. The quantitative estimate of drug-likeness (QED) is 0.307. The van der Waals surface area contributed by atoms with Gasteiger partial charge in [-0.15, -0.1) is 0 Å². The molecule has 0 aliphatic carbocycles. The maximum Gasteiger partial charge on any atom is 0.326 e. The molecule has 0 unspecified atom stereocenters. The lowest BCUT2D eigenvalue weighted by Gasteiger charge is -2.32. The van der Waals surface area contributed by atoms with E-state index in [2.05, 4.69) is 10.0 Å². The summed E-state index contributed by atoms with van der Waals surface area (Å²) in [5.41, 5.74) is 0. The number of aliphatic carboxylic acids is 1. The monoisotopic (exact) mass is 654 g/mol. The Morgan fingerprint density at radius 1 is 1.00 bits per heavy atom. The van der Waals surface area contributed by atoms with Crippen molar-refractivity contribution in [2.24, 2.45) is 5.92 Å². The predicted octanol–water partition coefficient (Wildman–Crippen LogP) is 2.06. The van der Waals surface area contributed by atoms with Crippen molar-refractivity contribution >= 4 is 61.0 Å². The largest absolute Gasteiger partial charge is 0.480 e. The minimum atomic E-state index is -4.14. The molecule has 230 valence electrons. The number of benzene rings is 1. The molecule has 2 heterocycles. The summed E-state index contributed by atoms with van der Waals surface area (Å²) in [5.74, 6) is -2.28. The van der Waals surface area contributed by atoms with Crippen LogP contribution in [0.5, 0.6) is 0 Å². The van der Waals surface area contributed by atoms with Crippen molar-refractivity contribution in [2.75, 3.05) is 26.2 Å². The number of carboxylic acids is 1. The van der Waals surface area contributed by atoms with Crippen LogP contribution in [-0.4, -0.2) is 92.4 Å². The zero-order valence-electron chi connectivity index (χ0n) is 22.9. The Bertz CT molecular complexity index is 1330. The van der Waals surface area contributed by atoms with Gasteiger partial charge in [0.1, 0.15) is 12.1 Å². The van der Waals surface area contributed by atoms with E-state index in [1.54, 1.807) is 18.7 Å². The highest BCUT2D eigenvalue weighted by Gasteiger charge is 2.41. The molecule has 1 aromatic rings. The molecule has 2 atom stereocenters. The Hall–Kier alpha value is -1.97. The van der Waals surface area contributed by atoms with E-state index >= 15 is 0 Å². The van der Waals surface area contributed by atoms with E-state index < -0.39 is 49.3 Å². The number of carbonyl (C=O) groups excluding carboxylic acids is 2. The molecule has 2 amide bonds. The third kappa shape index (κ3) is 8.77.